The predicted molar refractivity (Wildman–Crippen MR) is 105 cm³/mol. The van der Waals surface area contributed by atoms with Gasteiger partial charge in [0.2, 0.25) is 0 Å². The van der Waals surface area contributed by atoms with Gasteiger partial charge in [0.05, 0.1) is 23.1 Å². The molecule has 0 saturated heterocycles. The minimum atomic E-state index is 0.407. The number of nitrogens with zero attached hydrogens (tertiary/aromatic N) is 3. The van der Waals surface area contributed by atoms with E-state index in [1.807, 2.05) is 41.8 Å². The molecule has 0 aliphatic heterocycles. The number of fused-ring (bicyclic) bond motifs is 1. The molecule has 1 aromatic carbocycles. The van der Waals surface area contributed by atoms with Gasteiger partial charge in [0.1, 0.15) is 17.9 Å². The minimum absolute atomic E-state index is 0.407. The number of benzene rings is 1. The van der Waals surface area contributed by atoms with Crippen molar-refractivity contribution in [2.75, 3.05) is 12.8 Å². The van der Waals surface area contributed by atoms with E-state index in [1.54, 1.807) is 18.4 Å². The van der Waals surface area contributed by atoms with Gasteiger partial charge in [0.15, 0.2) is 5.65 Å². The third-order valence-electron chi connectivity index (χ3n) is 3.82. The number of hydrogen-bond donors (Lipinski definition) is 1. The van der Waals surface area contributed by atoms with Crippen molar-refractivity contribution in [1.82, 2.24) is 15.0 Å². The maximum Gasteiger partial charge on any atom is 0.165 e. The van der Waals surface area contributed by atoms with Crippen LogP contribution < -0.4 is 10.5 Å². The number of anilines is 1. The molecular weight excluding hydrogens is 400 g/mol. The standard InChI is InChI=1S/C18H13BrN4OS/c1-24-12-6-10(5-11(19)7-12)13-8-14(15-3-2-4-25-15)23-18-16(13)17(20)21-9-22-18/h2-9H,1H3,(H2,20,21,22,23). The highest BCUT2D eigenvalue weighted by molar-refractivity contribution is 9.10. The van der Waals surface area contributed by atoms with Crippen LogP contribution in [0.15, 0.2) is 52.6 Å². The summed E-state index contributed by atoms with van der Waals surface area (Å²) in [7, 11) is 1.64. The molecule has 0 bridgehead atoms. The monoisotopic (exact) mass is 412 g/mol. The molecule has 25 heavy (non-hydrogen) atoms. The molecule has 5 nitrogen and oxygen atoms in total. The Bertz CT molecular complexity index is 1070. The molecule has 0 spiro atoms. The van der Waals surface area contributed by atoms with E-state index in [0.29, 0.717) is 11.5 Å². The van der Waals surface area contributed by atoms with Gasteiger partial charge in [-0.15, -0.1) is 11.3 Å². The summed E-state index contributed by atoms with van der Waals surface area (Å²) in [6.45, 7) is 0. The van der Waals surface area contributed by atoms with E-state index in [1.165, 1.54) is 6.33 Å². The SMILES string of the molecule is COc1cc(Br)cc(-c2cc(-c3cccs3)nc3ncnc(N)c23)c1. The third-order valence-corrected chi connectivity index (χ3v) is 5.18. The van der Waals surface area contributed by atoms with Crippen LogP contribution in [0.2, 0.25) is 0 Å². The largest absolute Gasteiger partial charge is 0.497 e. The molecule has 0 unspecified atom stereocenters. The van der Waals surface area contributed by atoms with Crippen molar-refractivity contribution in [2.24, 2.45) is 0 Å². The van der Waals surface area contributed by atoms with Crippen LogP contribution in [0.4, 0.5) is 5.82 Å². The number of nitrogen functional groups attached to an aromatic ring is 1. The average Bonchev–Trinajstić information content (AvgIpc) is 3.15. The first-order valence-corrected chi connectivity index (χ1v) is 9.13. The molecular formula is C18H13BrN4OS. The summed E-state index contributed by atoms with van der Waals surface area (Å²) >= 11 is 5.17. The van der Waals surface area contributed by atoms with Crippen LogP contribution in [0.3, 0.4) is 0 Å². The number of hydrogen-bond acceptors (Lipinski definition) is 6. The van der Waals surface area contributed by atoms with Gasteiger partial charge < -0.3 is 10.5 Å². The van der Waals surface area contributed by atoms with Crippen LogP contribution in [0.1, 0.15) is 0 Å². The first kappa shape index (κ1) is 16.0. The second kappa shape index (κ2) is 6.42. The van der Waals surface area contributed by atoms with Crippen LogP contribution in [0.5, 0.6) is 5.75 Å². The van der Waals surface area contributed by atoms with Gasteiger partial charge in [-0.3, -0.25) is 0 Å². The molecule has 0 amide bonds. The smallest absolute Gasteiger partial charge is 0.165 e. The molecule has 2 N–H and O–H groups in total. The van der Waals surface area contributed by atoms with Gasteiger partial charge in [0.25, 0.3) is 0 Å². The van der Waals surface area contributed by atoms with Gasteiger partial charge in [-0.05, 0) is 46.8 Å². The van der Waals surface area contributed by atoms with E-state index in [2.05, 4.69) is 30.9 Å². The quantitative estimate of drug-likeness (QED) is 0.524. The fraction of sp³-hybridized carbons (Fsp3) is 0.0556. The highest BCUT2D eigenvalue weighted by Gasteiger charge is 2.15. The number of ether oxygens (including phenoxy) is 1. The van der Waals surface area contributed by atoms with E-state index < -0.39 is 0 Å². The summed E-state index contributed by atoms with van der Waals surface area (Å²) < 4.78 is 6.31. The van der Waals surface area contributed by atoms with Gasteiger partial charge in [-0.1, -0.05) is 22.0 Å². The Hall–Kier alpha value is -2.51. The molecule has 0 atom stereocenters. The molecule has 3 heterocycles. The Balaban J connectivity index is 2.06. The lowest BCUT2D eigenvalue weighted by Crippen LogP contribution is -1.98. The minimum Gasteiger partial charge on any atom is -0.497 e. The summed E-state index contributed by atoms with van der Waals surface area (Å²) in [5.41, 5.74) is 9.45. The molecule has 0 aliphatic rings. The van der Waals surface area contributed by atoms with E-state index in [-0.39, 0.29) is 0 Å². The molecule has 7 heteroatoms. The summed E-state index contributed by atoms with van der Waals surface area (Å²) in [4.78, 5) is 14.2. The summed E-state index contributed by atoms with van der Waals surface area (Å²) in [5, 5.41) is 2.76. The fourth-order valence-corrected chi connectivity index (χ4v) is 3.86. The van der Waals surface area contributed by atoms with Crippen molar-refractivity contribution in [3.63, 3.8) is 0 Å². The zero-order chi connectivity index (χ0) is 17.4. The van der Waals surface area contributed by atoms with Gasteiger partial charge in [-0.2, -0.15) is 0 Å². The normalized spacial score (nSPS) is 11.0. The van der Waals surface area contributed by atoms with Crippen LogP contribution in [0.25, 0.3) is 32.7 Å². The van der Waals surface area contributed by atoms with Gasteiger partial charge in [-0.25, -0.2) is 15.0 Å². The lowest BCUT2D eigenvalue weighted by Gasteiger charge is -2.12. The number of halogens is 1. The number of nitrogens with two attached hydrogens (primary N) is 1. The Morgan fingerprint density at radius 2 is 2.04 bits per heavy atom. The van der Waals surface area contributed by atoms with Crippen LogP contribution in [-0.2, 0) is 0 Å². The van der Waals surface area contributed by atoms with Gasteiger partial charge >= 0.3 is 0 Å². The Labute approximate surface area is 156 Å². The topological polar surface area (TPSA) is 73.9 Å². The maximum absolute atomic E-state index is 6.14. The highest BCUT2D eigenvalue weighted by atomic mass is 79.9. The lowest BCUT2D eigenvalue weighted by molar-refractivity contribution is 0.414. The van der Waals surface area contributed by atoms with Crippen molar-refractivity contribution in [1.29, 1.82) is 0 Å². The summed E-state index contributed by atoms with van der Waals surface area (Å²) in [5.74, 6) is 1.16. The van der Waals surface area contributed by atoms with Crippen LogP contribution in [-0.4, -0.2) is 22.1 Å². The van der Waals surface area contributed by atoms with Crippen LogP contribution in [0, 0.1) is 0 Å². The van der Waals surface area contributed by atoms with E-state index in [0.717, 1.165) is 37.3 Å². The van der Waals surface area contributed by atoms with Crippen molar-refractivity contribution in [3.8, 4) is 27.4 Å². The van der Waals surface area contributed by atoms with Crippen molar-refractivity contribution >= 4 is 44.1 Å². The molecule has 4 rings (SSSR count). The summed E-state index contributed by atoms with van der Waals surface area (Å²) in [6.07, 6.45) is 1.44. The maximum atomic E-state index is 6.14. The highest BCUT2D eigenvalue weighted by Crippen LogP contribution is 2.37. The predicted octanol–water partition coefficient (Wildman–Crippen LogP) is 4.77. The first-order chi connectivity index (χ1) is 12.2. The zero-order valence-electron chi connectivity index (χ0n) is 13.2. The Morgan fingerprint density at radius 3 is 2.80 bits per heavy atom. The number of pyridine rings is 1. The van der Waals surface area contributed by atoms with E-state index in [9.17, 15) is 0 Å². The Kier molecular flexibility index (Phi) is 4.10. The lowest BCUT2D eigenvalue weighted by atomic mass is 10.0. The number of thiophene rings is 1. The second-order valence-corrected chi connectivity index (χ2v) is 7.23. The number of rotatable bonds is 3. The molecule has 4 aromatic rings. The molecule has 0 aliphatic carbocycles. The molecule has 124 valence electrons. The van der Waals surface area contributed by atoms with E-state index >= 15 is 0 Å². The second-order valence-electron chi connectivity index (χ2n) is 5.37. The van der Waals surface area contributed by atoms with Crippen LogP contribution >= 0.6 is 27.3 Å². The number of methoxy groups -OCH3 is 1. The molecule has 0 radical (unpaired) electrons. The fourth-order valence-electron chi connectivity index (χ4n) is 2.70. The zero-order valence-corrected chi connectivity index (χ0v) is 15.6. The Morgan fingerprint density at radius 1 is 1.16 bits per heavy atom. The molecule has 0 saturated carbocycles. The average molecular weight is 413 g/mol. The summed E-state index contributed by atoms with van der Waals surface area (Å²) in [6, 6.07) is 11.9. The van der Waals surface area contributed by atoms with Crippen molar-refractivity contribution in [2.45, 2.75) is 0 Å². The number of aromatic nitrogens is 3. The first-order valence-electron chi connectivity index (χ1n) is 7.46. The molecule has 3 aromatic heterocycles. The van der Waals surface area contributed by atoms with Gasteiger partial charge in [0, 0.05) is 4.47 Å². The van der Waals surface area contributed by atoms with E-state index in [4.69, 9.17) is 10.5 Å². The van der Waals surface area contributed by atoms with Crippen molar-refractivity contribution < 1.29 is 4.74 Å². The molecule has 0 fully saturated rings. The van der Waals surface area contributed by atoms with Crippen molar-refractivity contribution in [3.05, 3.63) is 52.6 Å². The third kappa shape index (κ3) is 2.96.